The number of pyridine rings is 2. The first kappa shape index (κ1) is 17.3. The third-order valence-electron chi connectivity index (χ3n) is 3.47. The summed E-state index contributed by atoms with van der Waals surface area (Å²) in [4.78, 5) is 21.4. The summed E-state index contributed by atoms with van der Waals surface area (Å²) in [5.74, 6) is 0.351. The minimum absolute atomic E-state index is 0.176. The van der Waals surface area contributed by atoms with Gasteiger partial charge in [0.1, 0.15) is 5.15 Å². The number of halogens is 1. The number of hydrogen-bond acceptors (Lipinski definition) is 5. The highest BCUT2D eigenvalue weighted by Gasteiger charge is 2.13. The summed E-state index contributed by atoms with van der Waals surface area (Å²) in [5, 5.41) is 3.07. The molecule has 1 amide bonds. The summed E-state index contributed by atoms with van der Waals surface area (Å²) < 4.78 is 0. The molecule has 0 atom stereocenters. The second-order valence-electron chi connectivity index (χ2n) is 5.16. The fraction of sp³-hybridized carbons (Fsp3) is 0.0556. The van der Waals surface area contributed by atoms with Gasteiger partial charge in [-0.1, -0.05) is 29.8 Å². The topological polar surface area (TPSA) is 80.9 Å². The van der Waals surface area contributed by atoms with Crippen LogP contribution in [0.15, 0.2) is 66.0 Å². The molecule has 0 aliphatic carbocycles. The lowest BCUT2D eigenvalue weighted by Crippen LogP contribution is -2.14. The maximum atomic E-state index is 12.4. The molecule has 0 aliphatic rings. The van der Waals surface area contributed by atoms with Crippen LogP contribution in [0.25, 0.3) is 0 Å². The molecule has 0 radical (unpaired) electrons. The average Bonchev–Trinajstić information content (AvgIpc) is 2.62. The highest BCUT2D eigenvalue weighted by molar-refractivity contribution is 7.98. The van der Waals surface area contributed by atoms with Crippen LogP contribution in [0.4, 0.5) is 11.4 Å². The molecule has 0 spiro atoms. The van der Waals surface area contributed by atoms with Crippen molar-refractivity contribution in [1.82, 2.24) is 9.97 Å². The van der Waals surface area contributed by atoms with E-state index in [1.807, 2.05) is 24.3 Å². The predicted octanol–water partition coefficient (Wildman–Crippen LogP) is 4.26. The van der Waals surface area contributed by atoms with Crippen LogP contribution in [-0.2, 0) is 5.75 Å². The zero-order valence-electron chi connectivity index (χ0n) is 13.1. The van der Waals surface area contributed by atoms with Gasteiger partial charge in [0.2, 0.25) is 0 Å². The SMILES string of the molecule is Nc1ccncc1SCc1ccccc1NC(=O)c1cccnc1Cl. The van der Waals surface area contributed by atoms with Crippen molar-refractivity contribution in [2.75, 3.05) is 11.1 Å². The Hall–Kier alpha value is -2.57. The number of aromatic nitrogens is 2. The van der Waals surface area contributed by atoms with Crippen molar-refractivity contribution in [2.24, 2.45) is 0 Å². The Labute approximate surface area is 154 Å². The van der Waals surface area contributed by atoms with E-state index in [-0.39, 0.29) is 11.1 Å². The number of benzene rings is 1. The molecule has 0 unspecified atom stereocenters. The summed E-state index contributed by atoms with van der Waals surface area (Å²) in [5.41, 5.74) is 8.66. The molecule has 1 aromatic carbocycles. The zero-order chi connectivity index (χ0) is 17.6. The third kappa shape index (κ3) is 4.29. The average molecular weight is 371 g/mol. The standard InChI is InChI=1S/C18H15ClN4OS/c19-17-13(5-3-8-22-17)18(24)23-15-6-2-1-4-12(15)11-25-16-10-21-9-7-14(16)20/h1-10H,11H2,(H2,20,21)(H,23,24). The minimum atomic E-state index is -0.295. The second-order valence-corrected chi connectivity index (χ2v) is 6.53. The fourth-order valence-electron chi connectivity index (χ4n) is 2.18. The Kier molecular flexibility index (Phi) is 5.53. The number of thioether (sulfide) groups is 1. The van der Waals surface area contributed by atoms with Gasteiger partial charge in [0.15, 0.2) is 0 Å². The van der Waals surface area contributed by atoms with Crippen LogP contribution in [-0.4, -0.2) is 15.9 Å². The van der Waals surface area contributed by atoms with Crippen molar-refractivity contribution < 1.29 is 4.79 Å². The molecule has 126 valence electrons. The van der Waals surface area contributed by atoms with Crippen LogP contribution < -0.4 is 11.1 Å². The number of carbonyl (C=O) groups is 1. The van der Waals surface area contributed by atoms with Gasteiger partial charge < -0.3 is 11.1 Å². The normalized spacial score (nSPS) is 10.4. The van der Waals surface area contributed by atoms with Gasteiger partial charge in [-0.3, -0.25) is 9.78 Å². The molecule has 3 aromatic rings. The molecule has 3 N–H and O–H groups in total. The lowest BCUT2D eigenvalue weighted by Gasteiger charge is -2.12. The molecule has 2 aromatic heterocycles. The van der Waals surface area contributed by atoms with Crippen LogP contribution in [0.2, 0.25) is 5.15 Å². The van der Waals surface area contributed by atoms with Gasteiger partial charge in [-0.15, -0.1) is 11.8 Å². The predicted molar refractivity (Wildman–Crippen MR) is 102 cm³/mol. The van der Waals surface area contributed by atoms with E-state index in [9.17, 15) is 4.79 Å². The van der Waals surface area contributed by atoms with Crippen molar-refractivity contribution >= 4 is 40.6 Å². The lowest BCUT2D eigenvalue weighted by atomic mass is 10.2. The summed E-state index contributed by atoms with van der Waals surface area (Å²) in [6.45, 7) is 0. The van der Waals surface area contributed by atoms with E-state index in [0.717, 1.165) is 16.1 Å². The number of para-hydroxylation sites is 1. The summed E-state index contributed by atoms with van der Waals surface area (Å²) >= 11 is 7.55. The van der Waals surface area contributed by atoms with Gasteiger partial charge in [-0.2, -0.15) is 0 Å². The minimum Gasteiger partial charge on any atom is -0.398 e. The molecule has 0 saturated heterocycles. The van der Waals surface area contributed by atoms with Crippen molar-refractivity contribution in [3.8, 4) is 0 Å². The van der Waals surface area contributed by atoms with Gasteiger partial charge in [0.05, 0.1) is 5.56 Å². The van der Waals surface area contributed by atoms with Gasteiger partial charge in [-0.05, 0) is 29.8 Å². The molecule has 0 bridgehead atoms. The molecule has 5 nitrogen and oxygen atoms in total. The van der Waals surface area contributed by atoms with E-state index in [4.69, 9.17) is 17.3 Å². The Morgan fingerprint density at radius 2 is 2.00 bits per heavy atom. The van der Waals surface area contributed by atoms with E-state index in [1.165, 1.54) is 0 Å². The molecular weight excluding hydrogens is 356 g/mol. The number of nitrogens with one attached hydrogen (secondary N) is 1. The number of amides is 1. The number of nitrogen functional groups attached to an aromatic ring is 1. The van der Waals surface area contributed by atoms with Crippen LogP contribution in [0.1, 0.15) is 15.9 Å². The molecule has 7 heteroatoms. The Bertz CT molecular complexity index is 904. The van der Waals surface area contributed by atoms with Crippen LogP contribution in [0.3, 0.4) is 0 Å². The lowest BCUT2D eigenvalue weighted by molar-refractivity contribution is 0.102. The van der Waals surface area contributed by atoms with Crippen molar-refractivity contribution in [3.63, 3.8) is 0 Å². The maximum Gasteiger partial charge on any atom is 0.258 e. The van der Waals surface area contributed by atoms with Crippen LogP contribution >= 0.6 is 23.4 Å². The van der Waals surface area contributed by atoms with E-state index >= 15 is 0 Å². The van der Waals surface area contributed by atoms with Crippen molar-refractivity contribution in [2.45, 2.75) is 10.6 Å². The van der Waals surface area contributed by atoms with E-state index < -0.39 is 0 Å². The molecule has 3 rings (SSSR count). The first-order chi connectivity index (χ1) is 12.1. The molecular formula is C18H15ClN4OS. The van der Waals surface area contributed by atoms with Crippen LogP contribution in [0, 0.1) is 0 Å². The second kappa shape index (κ2) is 8.00. The van der Waals surface area contributed by atoms with Gasteiger partial charge in [0, 0.05) is 40.6 Å². The first-order valence-electron chi connectivity index (χ1n) is 7.47. The fourth-order valence-corrected chi connectivity index (χ4v) is 3.32. The molecule has 25 heavy (non-hydrogen) atoms. The largest absolute Gasteiger partial charge is 0.398 e. The van der Waals surface area contributed by atoms with Gasteiger partial charge >= 0.3 is 0 Å². The Morgan fingerprint density at radius 1 is 1.16 bits per heavy atom. The number of nitrogens with zero attached hydrogens (tertiary/aromatic N) is 2. The summed E-state index contributed by atoms with van der Waals surface area (Å²) in [6, 6.07) is 12.7. The number of rotatable bonds is 5. The highest BCUT2D eigenvalue weighted by Crippen LogP contribution is 2.30. The van der Waals surface area contributed by atoms with E-state index in [2.05, 4.69) is 15.3 Å². The summed E-state index contributed by atoms with van der Waals surface area (Å²) in [7, 11) is 0. The van der Waals surface area contributed by atoms with Gasteiger partial charge in [0.25, 0.3) is 5.91 Å². The number of nitrogens with two attached hydrogens (primary N) is 1. The quantitative estimate of drug-likeness (QED) is 0.518. The Morgan fingerprint density at radius 3 is 2.80 bits per heavy atom. The monoisotopic (exact) mass is 370 g/mol. The molecule has 0 fully saturated rings. The summed E-state index contributed by atoms with van der Waals surface area (Å²) in [6.07, 6.45) is 4.93. The molecule has 2 heterocycles. The smallest absolute Gasteiger partial charge is 0.258 e. The third-order valence-corrected chi connectivity index (χ3v) is 4.88. The van der Waals surface area contributed by atoms with Crippen molar-refractivity contribution in [1.29, 1.82) is 0 Å². The van der Waals surface area contributed by atoms with E-state index in [1.54, 1.807) is 48.6 Å². The highest BCUT2D eigenvalue weighted by atomic mass is 35.5. The van der Waals surface area contributed by atoms with Gasteiger partial charge in [-0.25, -0.2) is 4.98 Å². The number of carbonyl (C=O) groups excluding carboxylic acids is 1. The molecule has 0 aliphatic heterocycles. The number of hydrogen-bond donors (Lipinski definition) is 2. The van der Waals surface area contributed by atoms with Crippen LogP contribution in [0.5, 0.6) is 0 Å². The maximum absolute atomic E-state index is 12.4. The zero-order valence-corrected chi connectivity index (χ0v) is 14.7. The van der Waals surface area contributed by atoms with Crippen molar-refractivity contribution in [3.05, 3.63) is 77.3 Å². The van der Waals surface area contributed by atoms with E-state index in [0.29, 0.717) is 17.0 Å². The molecule has 0 saturated carbocycles. The Balaban J connectivity index is 1.76. The number of anilines is 2. The first-order valence-corrected chi connectivity index (χ1v) is 8.83.